The molecule has 2 nitrogen and oxygen atoms in total. The lowest BCUT2D eigenvalue weighted by Gasteiger charge is -1.70. The summed E-state index contributed by atoms with van der Waals surface area (Å²) in [6.45, 7) is -0.250. The van der Waals surface area contributed by atoms with Gasteiger partial charge in [0.25, 0.3) is 0 Å². The van der Waals surface area contributed by atoms with Gasteiger partial charge in [-0.3, -0.25) is 0 Å². The van der Waals surface area contributed by atoms with Gasteiger partial charge in [0, 0.05) is 0 Å². The molecule has 0 amide bonds. The molecule has 0 aromatic heterocycles. The summed E-state index contributed by atoms with van der Waals surface area (Å²) in [4.78, 5) is 0. The van der Waals surface area contributed by atoms with Crippen LogP contribution in [0.25, 0.3) is 0 Å². The van der Waals surface area contributed by atoms with Crippen LogP contribution in [-0.2, 0) is 0 Å². The molecule has 0 saturated carbocycles. The van der Waals surface area contributed by atoms with E-state index in [0.29, 0.717) is 0 Å². The summed E-state index contributed by atoms with van der Waals surface area (Å²) >= 11 is 1.000. The SMILES string of the molecule is OCCO.[CH2]1[CH2][Al]1. The molecular formula is C4H10AlO2. The Balaban J connectivity index is 0.000000105. The van der Waals surface area contributed by atoms with Gasteiger partial charge in [0.1, 0.15) is 0 Å². The Morgan fingerprint density at radius 1 is 1.14 bits per heavy atom. The summed E-state index contributed by atoms with van der Waals surface area (Å²) in [5.41, 5.74) is 0. The molecule has 0 aliphatic carbocycles. The second kappa shape index (κ2) is 6.45. The van der Waals surface area contributed by atoms with E-state index in [-0.39, 0.29) is 13.2 Å². The van der Waals surface area contributed by atoms with Crippen molar-refractivity contribution in [2.24, 2.45) is 0 Å². The Labute approximate surface area is 49.9 Å². The molecule has 41 valence electrons. The van der Waals surface area contributed by atoms with E-state index in [1.165, 1.54) is 0 Å². The number of rotatable bonds is 1. The molecule has 3 heteroatoms. The van der Waals surface area contributed by atoms with Crippen LogP contribution in [0.5, 0.6) is 0 Å². The van der Waals surface area contributed by atoms with E-state index in [1.807, 2.05) is 0 Å². The van der Waals surface area contributed by atoms with Crippen molar-refractivity contribution >= 4 is 15.2 Å². The number of aliphatic hydroxyl groups excluding tert-OH is 2. The standard InChI is InChI=1S/C2H6O2.C2H4.Al/c3-1-2-4;1-2;/h3-4H,1-2H2;1-2H2;. The topological polar surface area (TPSA) is 40.5 Å². The Bertz CT molecular complexity index is 26.1. The van der Waals surface area contributed by atoms with E-state index in [2.05, 4.69) is 0 Å². The first-order valence-electron chi connectivity index (χ1n) is 2.45. The predicted molar refractivity (Wildman–Crippen MR) is 29.5 cm³/mol. The highest BCUT2D eigenvalue weighted by atomic mass is 27.1. The fourth-order valence-corrected chi connectivity index (χ4v) is 0. The molecule has 0 unspecified atom stereocenters. The van der Waals surface area contributed by atoms with Crippen LogP contribution in [0.1, 0.15) is 0 Å². The van der Waals surface area contributed by atoms with Gasteiger partial charge in [-0.2, -0.15) is 0 Å². The van der Waals surface area contributed by atoms with Crippen LogP contribution < -0.4 is 0 Å². The minimum Gasteiger partial charge on any atom is -0.394 e. The fourth-order valence-electron chi connectivity index (χ4n) is 0. The quantitative estimate of drug-likeness (QED) is 0.455. The minimum atomic E-state index is -0.125. The molecule has 1 saturated heterocycles. The van der Waals surface area contributed by atoms with Gasteiger partial charge in [0.15, 0.2) is 15.2 Å². The zero-order valence-corrected chi connectivity index (χ0v) is 5.45. The molecule has 2 N–H and O–H groups in total. The van der Waals surface area contributed by atoms with Gasteiger partial charge < -0.3 is 10.2 Å². The van der Waals surface area contributed by atoms with Crippen LogP contribution in [0.4, 0.5) is 0 Å². The van der Waals surface area contributed by atoms with Gasteiger partial charge in [-0.25, -0.2) is 0 Å². The second-order valence-electron chi connectivity index (χ2n) is 1.31. The zero-order chi connectivity index (χ0) is 5.54. The van der Waals surface area contributed by atoms with Crippen molar-refractivity contribution in [2.75, 3.05) is 13.2 Å². The van der Waals surface area contributed by atoms with Crippen molar-refractivity contribution < 1.29 is 10.2 Å². The molecule has 1 rings (SSSR count). The lowest BCUT2D eigenvalue weighted by atomic mass is 10.8. The highest BCUT2D eigenvalue weighted by Gasteiger charge is 2.00. The van der Waals surface area contributed by atoms with Gasteiger partial charge in [-0.15, -0.1) is 10.6 Å². The Kier molecular flexibility index (Phi) is 6.87. The Morgan fingerprint density at radius 3 is 1.43 bits per heavy atom. The summed E-state index contributed by atoms with van der Waals surface area (Å²) < 4.78 is 0. The first-order chi connectivity index (χ1) is 3.41. The first kappa shape index (κ1) is 7.45. The molecule has 0 spiro atoms. The highest BCUT2D eigenvalue weighted by molar-refractivity contribution is 6.47. The summed E-state index contributed by atoms with van der Waals surface area (Å²) in [6, 6.07) is 0. The van der Waals surface area contributed by atoms with Crippen LogP contribution in [0, 0.1) is 0 Å². The number of hydrogen-bond donors (Lipinski definition) is 2. The minimum absolute atomic E-state index is 0.125. The van der Waals surface area contributed by atoms with Gasteiger partial charge in [-0.05, 0) is 0 Å². The monoisotopic (exact) mass is 117 g/mol. The van der Waals surface area contributed by atoms with Crippen molar-refractivity contribution in [2.45, 2.75) is 10.6 Å². The molecule has 1 fully saturated rings. The normalized spacial score (nSPS) is 13.4. The van der Waals surface area contributed by atoms with E-state index >= 15 is 0 Å². The zero-order valence-electron chi connectivity index (χ0n) is 4.30. The van der Waals surface area contributed by atoms with Crippen molar-refractivity contribution in [3.05, 3.63) is 0 Å². The average molecular weight is 117 g/mol. The van der Waals surface area contributed by atoms with Gasteiger partial charge in [0.2, 0.25) is 0 Å². The maximum atomic E-state index is 7.62. The van der Waals surface area contributed by atoms with Crippen molar-refractivity contribution in [3.8, 4) is 0 Å². The van der Waals surface area contributed by atoms with Crippen LogP contribution >= 0.6 is 0 Å². The van der Waals surface area contributed by atoms with Gasteiger partial charge >= 0.3 is 0 Å². The molecule has 0 bridgehead atoms. The third-order valence-electron chi connectivity index (χ3n) is 0.389. The fraction of sp³-hybridized carbons (Fsp3) is 1.00. The molecule has 0 aromatic rings. The van der Waals surface area contributed by atoms with Crippen LogP contribution in [0.2, 0.25) is 10.6 Å². The molecule has 1 radical (unpaired) electrons. The lowest BCUT2D eigenvalue weighted by molar-refractivity contribution is 0.186. The first-order valence-corrected chi connectivity index (χ1v) is 4.08. The third kappa shape index (κ3) is 21.3. The smallest absolute Gasteiger partial charge is 0.195 e. The summed E-state index contributed by atoms with van der Waals surface area (Å²) in [7, 11) is 0. The van der Waals surface area contributed by atoms with E-state index in [1.54, 1.807) is 10.6 Å². The maximum absolute atomic E-state index is 7.62. The molecule has 0 aromatic carbocycles. The molecule has 1 aliphatic rings. The van der Waals surface area contributed by atoms with Gasteiger partial charge in [-0.1, -0.05) is 0 Å². The molecule has 7 heavy (non-hydrogen) atoms. The summed E-state index contributed by atoms with van der Waals surface area (Å²) in [5, 5.41) is 18.4. The van der Waals surface area contributed by atoms with Crippen LogP contribution in [0.3, 0.4) is 0 Å². The Hall–Kier alpha value is 0.452. The molecule has 1 aliphatic heterocycles. The second-order valence-corrected chi connectivity index (χ2v) is 3.05. The largest absolute Gasteiger partial charge is 0.394 e. The maximum Gasteiger partial charge on any atom is 0.195 e. The third-order valence-corrected chi connectivity index (χ3v) is 0.966. The predicted octanol–water partition coefficient (Wildman–Crippen LogP) is -0.488. The summed E-state index contributed by atoms with van der Waals surface area (Å²) in [6.07, 6.45) is 0. The van der Waals surface area contributed by atoms with Gasteiger partial charge in [0.05, 0.1) is 13.2 Å². The summed E-state index contributed by atoms with van der Waals surface area (Å²) in [5.74, 6) is 0. The van der Waals surface area contributed by atoms with Crippen molar-refractivity contribution in [1.82, 2.24) is 0 Å². The highest BCUT2D eigenvalue weighted by Crippen LogP contribution is 2.04. The van der Waals surface area contributed by atoms with Crippen LogP contribution in [-0.4, -0.2) is 38.6 Å². The number of aliphatic hydroxyl groups is 2. The van der Waals surface area contributed by atoms with E-state index in [9.17, 15) is 0 Å². The van der Waals surface area contributed by atoms with Crippen molar-refractivity contribution in [3.63, 3.8) is 0 Å². The van der Waals surface area contributed by atoms with E-state index in [4.69, 9.17) is 10.2 Å². The molecule has 1 heterocycles. The van der Waals surface area contributed by atoms with E-state index in [0.717, 1.165) is 15.2 Å². The number of hydrogen-bond acceptors (Lipinski definition) is 2. The van der Waals surface area contributed by atoms with E-state index < -0.39 is 0 Å². The lowest BCUT2D eigenvalue weighted by Crippen LogP contribution is -1.85. The van der Waals surface area contributed by atoms with Crippen LogP contribution in [0.15, 0.2) is 0 Å². The van der Waals surface area contributed by atoms with Crippen molar-refractivity contribution in [1.29, 1.82) is 0 Å². The molecular weight excluding hydrogens is 107 g/mol. The Morgan fingerprint density at radius 2 is 1.43 bits per heavy atom. The average Bonchev–Trinajstić information content (AvgIpc) is 2.47. The molecule has 0 atom stereocenters.